The van der Waals surface area contributed by atoms with E-state index >= 15 is 0 Å². The van der Waals surface area contributed by atoms with Crippen molar-refractivity contribution in [3.05, 3.63) is 89.2 Å². The van der Waals surface area contributed by atoms with Gasteiger partial charge < -0.3 is 9.64 Å². The molecule has 33 heavy (non-hydrogen) atoms. The number of aromatic nitrogens is 1. The van der Waals surface area contributed by atoms with Crippen LogP contribution in [-0.2, 0) is 29.4 Å². The van der Waals surface area contributed by atoms with Gasteiger partial charge in [0.2, 0.25) is 10.0 Å². The molecule has 1 aliphatic rings. The number of sulfonamides is 1. The zero-order valence-electron chi connectivity index (χ0n) is 18.8. The predicted octanol–water partition coefficient (Wildman–Crippen LogP) is 3.15. The number of nitrogens with zero attached hydrogens (tertiary/aromatic N) is 3. The van der Waals surface area contributed by atoms with Gasteiger partial charge in [-0.1, -0.05) is 30.3 Å². The van der Waals surface area contributed by atoms with Gasteiger partial charge in [0.1, 0.15) is 10.6 Å². The van der Waals surface area contributed by atoms with Crippen LogP contribution in [0.25, 0.3) is 0 Å². The molecular formula is C25H27N3O4S. The molecule has 8 heteroatoms. The summed E-state index contributed by atoms with van der Waals surface area (Å²) >= 11 is 0. The molecule has 0 spiro atoms. The minimum absolute atomic E-state index is 0.0121. The van der Waals surface area contributed by atoms with Crippen LogP contribution >= 0.6 is 0 Å². The third-order valence-electron chi connectivity index (χ3n) is 5.95. The number of fused-ring (bicyclic) bond motifs is 1. The van der Waals surface area contributed by atoms with Crippen molar-refractivity contribution in [1.82, 2.24) is 14.2 Å². The highest BCUT2D eigenvalue weighted by Gasteiger charge is 2.28. The van der Waals surface area contributed by atoms with Gasteiger partial charge in [-0.3, -0.25) is 9.78 Å². The summed E-state index contributed by atoms with van der Waals surface area (Å²) in [5.41, 5.74) is 3.64. The Morgan fingerprint density at radius 3 is 2.64 bits per heavy atom. The molecule has 3 aromatic rings. The monoisotopic (exact) mass is 465 g/mol. The third-order valence-corrected chi connectivity index (χ3v) is 7.83. The lowest BCUT2D eigenvalue weighted by Crippen LogP contribution is -2.36. The van der Waals surface area contributed by atoms with Gasteiger partial charge in [0, 0.05) is 44.6 Å². The average Bonchev–Trinajstić information content (AvgIpc) is 2.86. The lowest BCUT2D eigenvalue weighted by molar-refractivity contribution is 0.0734. The van der Waals surface area contributed by atoms with E-state index in [0.717, 1.165) is 17.5 Å². The summed E-state index contributed by atoms with van der Waals surface area (Å²) in [5, 5.41) is 0. The molecule has 0 fully saturated rings. The first-order chi connectivity index (χ1) is 15.9. The Bertz CT molecular complexity index is 1250. The number of pyridine rings is 1. The number of benzene rings is 2. The van der Waals surface area contributed by atoms with E-state index in [-0.39, 0.29) is 23.1 Å². The number of methoxy groups -OCH3 is 1. The zero-order chi connectivity index (χ0) is 23.4. The maximum atomic E-state index is 13.4. The molecule has 7 nitrogen and oxygen atoms in total. The van der Waals surface area contributed by atoms with Crippen LogP contribution < -0.4 is 4.74 Å². The molecule has 1 aromatic heterocycles. The summed E-state index contributed by atoms with van der Waals surface area (Å²) < 4.78 is 33.3. The van der Waals surface area contributed by atoms with E-state index in [1.807, 2.05) is 30.3 Å². The Balaban J connectivity index is 1.56. The van der Waals surface area contributed by atoms with Crippen molar-refractivity contribution in [2.24, 2.45) is 0 Å². The number of likely N-dealkylation sites (N-methyl/N-ethyl adjacent to an activating group) is 1. The van der Waals surface area contributed by atoms with Gasteiger partial charge in [0.15, 0.2) is 0 Å². The molecule has 1 amide bonds. The maximum Gasteiger partial charge on any atom is 0.254 e. The SMILES string of the molecule is COc1ccc(C(=O)N2CCc3ccccc3C2)cc1S(=O)(=O)N(C)CCc1cccnc1. The molecule has 0 unspecified atom stereocenters. The van der Waals surface area contributed by atoms with Crippen LogP contribution in [0, 0.1) is 0 Å². The van der Waals surface area contributed by atoms with E-state index in [1.165, 1.54) is 30.1 Å². The van der Waals surface area contributed by atoms with E-state index in [2.05, 4.69) is 11.1 Å². The summed E-state index contributed by atoms with van der Waals surface area (Å²) in [6, 6.07) is 16.4. The van der Waals surface area contributed by atoms with Crippen molar-refractivity contribution >= 4 is 15.9 Å². The summed E-state index contributed by atoms with van der Waals surface area (Å²) in [7, 11) is -0.917. The quantitative estimate of drug-likeness (QED) is 0.536. The van der Waals surface area contributed by atoms with E-state index in [0.29, 0.717) is 25.1 Å². The molecule has 1 aliphatic heterocycles. The van der Waals surface area contributed by atoms with Gasteiger partial charge in [-0.2, -0.15) is 0 Å². The fourth-order valence-corrected chi connectivity index (χ4v) is 5.33. The van der Waals surface area contributed by atoms with Gasteiger partial charge >= 0.3 is 0 Å². The molecule has 0 saturated carbocycles. The van der Waals surface area contributed by atoms with Crippen LogP contribution in [0.2, 0.25) is 0 Å². The lowest BCUT2D eigenvalue weighted by atomic mass is 9.99. The van der Waals surface area contributed by atoms with Gasteiger partial charge in [0.05, 0.1) is 7.11 Å². The number of hydrogen-bond donors (Lipinski definition) is 0. The lowest BCUT2D eigenvalue weighted by Gasteiger charge is -2.29. The van der Waals surface area contributed by atoms with Crippen LogP contribution in [0.3, 0.4) is 0 Å². The second-order valence-electron chi connectivity index (χ2n) is 8.05. The van der Waals surface area contributed by atoms with Crippen molar-refractivity contribution in [2.75, 3.05) is 27.2 Å². The highest BCUT2D eigenvalue weighted by atomic mass is 32.2. The molecule has 172 valence electrons. The Hall–Kier alpha value is -3.23. The van der Waals surface area contributed by atoms with Crippen molar-refractivity contribution in [3.8, 4) is 5.75 Å². The first-order valence-corrected chi connectivity index (χ1v) is 12.2. The van der Waals surface area contributed by atoms with Crippen LogP contribution in [-0.4, -0.2) is 55.8 Å². The van der Waals surface area contributed by atoms with Crippen molar-refractivity contribution < 1.29 is 17.9 Å². The van der Waals surface area contributed by atoms with Crippen LogP contribution in [0.15, 0.2) is 71.9 Å². The fraction of sp³-hybridized carbons (Fsp3) is 0.280. The van der Waals surface area contributed by atoms with Crippen molar-refractivity contribution in [3.63, 3.8) is 0 Å². The first-order valence-electron chi connectivity index (χ1n) is 10.8. The molecule has 0 atom stereocenters. The highest BCUT2D eigenvalue weighted by Crippen LogP contribution is 2.29. The Morgan fingerprint density at radius 2 is 1.91 bits per heavy atom. The van der Waals surface area contributed by atoms with Gasteiger partial charge in [-0.25, -0.2) is 12.7 Å². The summed E-state index contributed by atoms with van der Waals surface area (Å²) in [6.45, 7) is 1.38. The largest absolute Gasteiger partial charge is 0.495 e. The van der Waals surface area contributed by atoms with E-state index in [9.17, 15) is 13.2 Å². The molecule has 2 heterocycles. The average molecular weight is 466 g/mol. The van der Waals surface area contributed by atoms with Crippen molar-refractivity contribution in [1.29, 1.82) is 0 Å². The summed E-state index contributed by atoms with van der Waals surface area (Å²) in [5.74, 6) is 0.0189. The van der Waals surface area contributed by atoms with E-state index in [4.69, 9.17) is 4.74 Å². The Labute approximate surface area is 194 Å². The number of ether oxygens (including phenoxy) is 1. The van der Waals surface area contributed by atoms with Crippen LogP contribution in [0.1, 0.15) is 27.0 Å². The second kappa shape index (κ2) is 9.72. The highest BCUT2D eigenvalue weighted by molar-refractivity contribution is 7.89. The van der Waals surface area contributed by atoms with Gasteiger partial charge in [-0.15, -0.1) is 0 Å². The molecule has 4 rings (SSSR count). The molecule has 0 saturated heterocycles. The van der Waals surface area contributed by atoms with E-state index < -0.39 is 10.0 Å². The fourth-order valence-electron chi connectivity index (χ4n) is 3.98. The molecule has 0 aliphatic carbocycles. The first kappa shape index (κ1) is 22.9. The Morgan fingerprint density at radius 1 is 1.12 bits per heavy atom. The van der Waals surface area contributed by atoms with Crippen molar-refractivity contribution in [2.45, 2.75) is 24.3 Å². The molecule has 0 N–H and O–H groups in total. The summed E-state index contributed by atoms with van der Waals surface area (Å²) in [4.78, 5) is 19.1. The number of hydrogen-bond acceptors (Lipinski definition) is 5. The summed E-state index contributed by atoms with van der Waals surface area (Å²) in [6.07, 6.45) is 4.70. The number of carbonyl (C=O) groups is 1. The van der Waals surface area contributed by atoms with Crippen LogP contribution in [0.4, 0.5) is 0 Å². The molecular weight excluding hydrogens is 438 g/mol. The zero-order valence-corrected chi connectivity index (χ0v) is 19.6. The second-order valence-corrected chi connectivity index (χ2v) is 10.1. The molecule has 0 bridgehead atoms. The number of rotatable bonds is 7. The minimum atomic E-state index is -3.87. The van der Waals surface area contributed by atoms with Gasteiger partial charge in [0.25, 0.3) is 5.91 Å². The predicted molar refractivity (Wildman–Crippen MR) is 126 cm³/mol. The topological polar surface area (TPSA) is 79.8 Å². The molecule has 0 radical (unpaired) electrons. The Kier molecular flexibility index (Phi) is 6.76. The smallest absolute Gasteiger partial charge is 0.254 e. The normalized spacial score (nSPS) is 13.6. The number of amides is 1. The minimum Gasteiger partial charge on any atom is -0.495 e. The molecule has 2 aromatic carbocycles. The van der Waals surface area contributed by atoms with Gasteiger partial charge in [-0.05, 0) is 53.8 Å². The van der Waals surface area contributed by atoms with Crippen LogP contribution in [0.5, 0.6) is 5.75 Å². The standard InChI is InChI=1S/C25H27N3O4S/c1-27(14-11-19-6-5-13-26-17-19)33(30,31)24-16-21(9-10-23(24)32-2)25(29)28-15-12-20-7-3-4-8-22(20)18-28/h3-10,13,16-17H,11-12,14-15,18H2,1-2H3. The number of carbonyl (C=O) groups excluding carboxylic acids is 1. The van der Waals surface area contributed by atoms with E-state index in [1.54, 1.807) is 29.4 Å². The third kappa shape index (κ3) is 4.91. The maximum absolute atomic E-state index is 13.4.